The predicted octanol–water partition coefficient (Wildman–Crippen LogP) is 3.14. The monoisotopic (exact) mass is 311 g/mol. The van der Waals surface area contributed by atoms with E-state index < -0.39 is 16.1 Å². The van der Waals surface area contributed by atoms with Gasteiger partial charge in [0.15, 0.2) is 0 Å². The van der Waals surface area contributed by atoms with Crippen molar-refractivity contribution in [3.8, 4) is 12.3 Å². The van der Waals surface area contributed by atoms with Crippen molar-refractivity contribution in [2.24, 2.45) is 0 Å². The third-order valence-corrected chi connectivity index (χ3v) is 5.22. The molecule has 17 heavy (non-hydrogen) atoms. The summed E-state index contributed by atoms with van der Waals surface area (Å²) in [5.41, 5.74) is 0. The minimum Gasteiger partial charge on any atom is -0.207 e. The first-order chi connectivity index (χ1) is 7.90. The Hall–Kier alpha value is -0.250. The molecule has 3 nitrogen and oxygen atoms in total. The van der Waals surface area contributed by atoms with E-state index in [2.05, 4.69) is 10.6 Å². The van der Waals surface area contributed by atoms with Crippen LogP contribution in [0.15, 0.2) is 11.0 Å². The van der Waals surface area contributed by atoms with Crippen LogP contribution in [0.5, 0.6) is 0 Å². The molecule has 0 bridgehead atoms. The second-order valence-corrected chi connectivity index (χ2v) is 7.29. The van der Waals surface area contributed by atoms with Crippen molar-refractivity contribution in [1.82, 2.24) is 4.72 Å². The lowest BCUT2D eigenvalue weighted by atomic mass is 10.2. The lowest BCUT2D eigenvalue weighted by molar-refractivity contribution is 0.565. The van der Waals surface area contributed by atoms with E-state index >= 15 is 0 Å². The summed E-state index contributed by atoms with van der Waals surface area (Å²) in [6, 6.07) is 0.788. The number of hydrogen-bond acceptors (Lipinski definition) is 3. The van der Waals surface area contributed by atoms with Gasteiger partial charge in [0.25, 0.3) is 0 Å². The lowest BCUT2D eigenvalue weighted by Gasteiger charge is -2.11. The van der Waals surface area contributed by atoms with Gasteiger partial charge in [0.1, 0.15) is 9.23 Å². The van der Waals surface area contributed by atoms with E-state index in [4.69, 9.17) is 29.6 Å². The van der Waals surface area contributed by atoms with Crippen LogP contribution in [0.1, 0.15) is 19.8 Å². The van der Waals surface area contributed by atoms with Crippen LogP contribution in [0.4, 0.5) is 0 Å². The second kappa shape index (κ2) is 6.07. The number of nitrogens with one attached hydrogen (secondary N) is 1. The molecule has 0 saturated heterocycles. The molecular weight excluding hydrogens is 301 g/mol. The van der Waals surface area contributed by atoms with E-state index in [9.17, 15) is 8.42 Å². The number of hydrogen-bond donors (Lipinski definition) is 1. The van der Waals surface area contributed by atoms with Crippen molar-refractivity contribution in [3.05, 3.63) is 14.7 Å². The molecule has 1 unspecified atom stereocenters. The summed E-state index contributed by atoms with van der Waals surface area (Å²) in [6.45, 7) is 1.92. The highest BCUT2D eigenvalue weighted by atomic mass is 35.5. The summed E-state index contributed by atoms with van der Waals surface area (Å²) in [5, 5.41) is 0. The van der Waals surface area contributed by atoms with E-state index in [1.807, 2.05) is 6.92 Å². The third-order valence-electron chi connectivity index (χ3n) is 1.99. The van der Waals surface area contributed by atoms with Crippen LogP contribution in [0.3, 0.4) is 0 Å². The molecular formula is C10H11Cl2NO2S2. The van der Waals surface area contributed by atoms with Gasteiger partial charge in [-0.1, -0.05) is 42.5 Å². The zero-order valence-corrected chi connectivity index (χ0v) is 12.2. The number of rotatable bonds is 5. The summed E-state index contributed by atoms with van der Waals surface area (Å²) in [5.74, 6) is 2.39. The van der Waals surface area contributed by atoms with Gasteiger partial charge in [-0.05, 0) is 12.5 Å². The van der Waals surface area contributed by atoms with Crippen molar-refractivity contribution >= 4 is 44.6 Å². The Morgan fingerprint density at radius 3 is 2.65 bits per heavy atom. The molecule has 7 heteroatoms. The first kappa shape index (κ1) is 14.8. The standard InChI is InChI=1S/C10H11Cl2NO2S2/c1-3-5-7(4-2)13-17(14,15)8-6-9(11)16-10(8)12/h2,6-7,13H,3,5H2,1H3. The number of sulfonamides is 1. The first-order valence-electron chi connectivity index (χ1n) is 4.84. The highest BCUT2D eigenvalue weighted by Crippen LogP contribution is 2.34. The van der Waals surface area contributed by atoms with Crippen LogP contribution >= 0.6 is 34.5 Å². The zero-order chi connectivity index (χ0) is 13.1. The zero-order valence-electron chi connectivity index (χ0n) is 9.04. The Balaban J connectivity index is 2.97. The van der Waals surface area contributed by atoms with Crippen molar-refractivity contribution in [2.75, 3.05) is 0 Å². The molecule has 0 aliphatic rings. The van der Waals surface area contributed by atoms with Gasteiger partial charge in [0.05, 0.1) is 10.4 Å². The largest absolute Gasteiger partial charge is 0.244 e. The molecule has 0 radical (unpaired) electrons. The summed E-state index contributed by atoms with van der Waals surface area (Å²) < 4.78 is 26.8. The van der Waals surface area contributed by atoms with Gasteiger partial charge in [-0.3, -0.25) is 0 Å². The lowest BCUT2D eigenvalue weighted by Crippen LogP contribution is -2.33. The Bertz CT molecular complexity index is 531. The molecule has 1 N–H and O–H groups in total. The van der Waals surface area contributed by atoms with Crippen LogP contribution < -0.4 is 4.72 Å². The van der Waals surface area contributed by atoms with E-state index in [0.717, 1.165) is 17.8 Å². The smallest absolute Gasteiger partial charge is 0.207 e. The predicted molar refractivity (Wildman–Crippen MR) is 72.2 cm³/mol. The molecule has 1 aromatic heterocycles. The fourth-order valence-corrected chi connectivity index (χ4v) is 4.56. The van der Waals surface area contributed by atoms with Gasteiger partial charge in [-0.25, -0.2) is 8.42 Å². The molecule has 1 rings (SSSR count). The van der Waals surface area contributed by atoms with Gasteiger partial charge in [0, 0.05) is 0 Å². The molecule has 0 saturated carbocycles. The quantitative estimate of drug-likeness (QED) is 0.849. The molecule has 0 aromatic carbocycles. The van der Waals surface area contributed by atoms with Gasteiger partial charge in [0.2, 0.25) is 10.0 Å². The fraction of sp³-hybridized carbons (Fsp3) is 0.400. The van der Waals surface area contributed by atoms with Crippen LogP contribution in [0.25, 0.3) is 0 Å². The molecule has 0 amide bonds. The minimum atomic E-state index is -3.70. The van der Waals surface area contributed by atoms with E-state index in [-0.39, 0.29) is 9.23 Å². The Morgan fingerprint density at radius 1 is 1.59 bits per heavy atom. The maximum absolute atomic E-state index is 12.0. The molecule has 0 aliphatic heterocycles. The average Bonchev–Trinajstić information content (AvgIpc) is 2.57. The van der Waals surface area contributed by atoms with Crippen LogP contribution in [0.2, 0.25) is 8.67 Å². The van der Waals surface area contributed by atoms with Crippen LogP contribution in [-0.4, -0.2) is 14.5 Å². The van der Waals surface area contributed by atoms with Crippen molar-refractivity contribution < 1.29 is 8.42 Å². The van der Waals surface area contributed by atoms with Gasteiger partial charge >= 0.3 is 0 Å². The maximum atomic E-state index is 12.0. The van der Waals surface area contributed by atoms with Gasteiger partial charge in [-0.2, -0.15) is 4.72 Å². The molecule has 1 aromatic rings. The Morgan fingerprint density at radius 2 is 2.24 bits per heavy atom. The summed E-state index contributed by atoms with van der Waals surface area (Å²) in [4.78, 5) is -0.0227. The normalized spacial score (nSPS) is 13.3. The van der Waals surface area contributed by atoms with Crippen molar-refractivity contribution in [1.29, 1.82) is 0 Å². The first-order valence-corrected chi connectivity index (χ1v) is 7.89. The summed E-state index contributed by atoms with van der Waals surface area (Å²) in [6.07, 6.45) is 6.62. The molecule has 94 valence electrons. The molecule has 1 atom stereocenters. The second-order valence-electron chi connectivity index (χ2n) is 3.32. The number of terminal acetylenes is 1. The van der Waals surface area contributed by atoms with Gasteiger partial charge in [-0.15, -0.1) is 17.8 Å². The summed E-state index contributed by atoms with van der Waals surface area (Å²) in [7, 11) is -3.70. The SMILES string of the molecule is C#CC(CCC)NS(=O)(=O)c1cc(Cl)sc1Cl. The van der Waals surface area contributed by atoms with Crippen molar-refractivity contribution in [3.63, 3.8) is 0 Å². The third kappa shape index (κ3) is 3.87. The van der Waals surface area contributed by atoms with Gasteiger partial charge < -0.3 is 0 Å². The van der Waals surface area contributed by atoms with Crippen LogP contribution in [-0.2, 0) is 10.0 Å². The van der Waals surface area contributed by atoms with E-state index in [1.165, 1.54) is 6.07 Å². The van der Waals surface area contributed by atoms with E-state index in [1.54, 1.807) is 0 Å². The molecule has 0 spiro atoms. The Kier molecular flexibility index (Phi) is 5.29. The maximum Gasteiger partial charge on any atom is 0.244 e. The molecule has 0 fully saturated rings. The summed E-state index contributed by atoms with van der Waals surface area (Å²) >= 11 is 12.5. The molecule has 1 heterocycles. The fourth-order valence-electron chi connectivity index (χ4n) is 1.22. The Labute approximate surface area is 115 Å². The molecule has 0 aliphatic carbocycles. The highest BCUT2D eigenvalue weighted by Gasteiger charge is 2.23. The minimum absolute atomic E-state index is 0.0227. The van der Waals surface area contributed by atoms with E-state index in [0.29, 0.717) is 10.8 Å². The number of halogens is 2. The topological polar surface area (TPSA) is 46.2 Å². The van der Waals surface area contributed by atoms with Crippen molar-refractivity contribution in [2.45, 2.75) is 30.7 Å². The number of thiophene rings is 1. The average molecular weight is 312 g/mol. The highest BCUT2D eigenvalue weighted by molar-refractivity contribution is 7.89. The van der Waals surface area contributed by atoms with Crippen LogP contribution in [0, 0.1) is 12.3 Å².